The van der Waals surface area contributed by atoms with E-state index in [0.29, 0.717) is 18.0 Å². The summed E-state index contributed by atoms with van der Waals surface area (Å²) in [6.45, 7) is 0.432. The van der Waals surface area contributed by atoms with E-state index < -0.39 is 0 Å². The lowest BCUT2D eigenvalue weighted by Gasteiger charge is -2.17. The number of amides is 2. The van der Waals surface area contributed by atoms with Crippen LogP contribution in [0.4, 0.5) is 5.69 Å². The van der Waals surface area contributed by atoms with Crippen LogP contribution in [0.2, 0.25) is 0 Å². The van der Waals surface area contributed by atoms with Crippen LogP contribution < -0.4 is 24.4 Å². The van der Waals surface area contributed by atoms with E-state index in [1.165, 1.54) is 6.08 Å². The van der Waals surface area contributed by atoms with Crippen LogP contribution in [0.15, 0.2) is 48.5 Å². The summed E-state index contributed by atoms with van der Waals surface area (Å²) in [5.74, 6) is 1.66. The van der Waals surface area contributed by atoms with E-state index >= 15 is 0 Å². The topological polar surface area (TPSA) is 77.1 Å². The van der Waals surface area contributed by atoms with E-state index in [9.17, 15) is 9.59 Å². The summed E-state index contributed by atoms with van der Waals surface area (Å²) in [5, 5.41) is 2.88. The zero-order valence-electron chi connectivity index (χ0n) is 16.7. The van der Waals surface area contributed by atoms with Crippen molar-refractivity contribution in [1.29, 1.82) is 0 Å². The Morgan fingerprint density at radius 3 is 2.41 bits per heavy atom. The van der Waals surface area contributed by atoms with Gasteiger partial charge in [-0.25, -0.2) is 0 Å². The van der Waals surface area contributed by atoms with Crippen LogP contribution >= 0.6 is 0 Å². The molecule has 3 rings (SSSR count). The Hall–Kier alpha value is -3.48. The Morgan fingerprint density at radius 2 is 1.76 bits per heavy atom. The van der Waals surface area contributed by atoms with Gasteiger partial charge < -0.3 is 24.4 Å². The van der Waals surface area contributed by atoms with Crippen LogP contribution in [0.5, 0.6) is 17.2 Å². The predicted octanol–water partition coefficient (Wildman–Crippen LogP) is 2.65. The highest BCUT2D eigenvalue weighted by atomic mass is 16.5. The summed E-state index contributed by atoms with van der Waals surface area (Å²) >= 11 is 0. The molecule has 2 aromatic carbocycles. The number of carbonyl (C=O) groups is 2. The van der Waals surface area contributed by atoms with Crippen molar-refractivity contribution in [2.45, 2.75) is 12.5 Å². The lowest BCUT2D eigenvalue weighted by Crippen LogP contribution is -2.36. The van der Waals surface area contributed by atoms with E-state index in [4.69, 9.17) is 14.2 Å². The molecule has 0 spiro atoms. The molecule has 152 valence electrons. The number of nitrogens with one attached hydrogen (secondary N) is 1. The maximum absolute atomic E-state index is 12.3. The molecular formula is C22H24N2O5. The van der Waals surface area contributed by atoms with Crippen LogP contribution in [0.25, 0.3) is 6.08 Å². The van der Waals surface area contributed by atoms with Crippen molar-refractivity contribution < 1.29 is 23.8 Å². The largest absolute Gasteiger partial charge is 0.497 e. The van der Waals surface area contributed by atoms with Crippen molar-refractivity contribution in [3.05, 3.63) is 54.1 Å². The Labute approximate surface area is 169 Å². The van der Waals surface area contributed by atoms with Crippen molar-refractivity contribution in [1.82, 2.24) is 5.32 Å². The van der Waals surface area contributed by atoms with E-state index in [1.807, 2.05) is 18.2 Å². The minimum Gasteiger partial charge on any atom is -0.497 e. The first-order valence-electron chi connectivity index (χ1n) is 9.19. The average Bonchev–Trinajstić information content (AvgIpc) is 3.11. The number of rotatable bonds is 7. The first-order chi connectivity index (χ1) is 14.0. The second-order valence-corrected chi connectivity index (χ2v) is 6.56. The molecule has 0 aliphatic carbocycles. The Balaban J connectivity index is 1.59. The fourth-order valence-electron chi connectivity index (χ4n) is 3.19. The van der Waals surface area contributed by atoms with Gasteiger partial charge in [-0.2, -0.15) is 0 Å². The van der Waals surface area contributed by atoms with Crippen molar-refractivity contribution in [3.63, 3.8) is 0 Å². The summed E-state index contributed by atoms with van der Waals surface area (Å²) in [4.78, 5) is 26.3. The summed E-state index contributed by atoms with van der Waals surface area (Å²) in [6.07, 6.45) is 3.40. The number of hydrogen-bond acceptors (Lipinski definition) is 5. The van der Waals surface area contributed by atoms with Crippen LogP contribution in [0.3, 0.4) is 0 Å². The van der Waals surface area contributed by atoms with Gasteiger partial charge in [0, 0.05) is 24.7 Å². The fourth-order valence-corrected chi connectivity index (χ4v) is 3.19. The molecule has 1 fully saturated rings. The third-order valence-corrected chi connectivity index (χ3v) is 4.69. The van der Waals surface area contributed by atoms with Crippen LogP contribution in [0.1, 0.15) is 12.0 Å². The van der Waals surface area contributed by atoms with Gasteiger partial charge in [0.05, 0.1) is 27.4 Å². The van der Waals surface area contributed by atoms with Crippen molar-refractivity contribution in [2.24, 2.45) is 0 Å². The normalized spacial score (nSPS) is 16.2. The maximum Gasteiger partial charge on any atom is 0.244 e. The highest BCUT2D eigenvalue weighted by Crippen LogP contribution is 2.28. The zero-order valence-corrected chi connectivity index (χ0v) is 16.7. The van der Waals surface area contributed by atoms with Gasteiger partial charge in [-0.05, 0) is 48.0 Å². The minimum absolute atomic E-state index is 0.0238. The Morgan fingerprint density at radius 1 is 1.03 bits per heavy atom. The molecule has 1 heterocycles. The molecule has 1 atom stereocenters. The number of anilines is 1. The Bertz CT molecular complexity index is 908. The molecular weight excluding hydrogens is 372 g/mol. The molecule has 7 nitrogen and oxygen atoms in total. The summed E-state index contributed by atoms with van der Waals surface area (Å²) in [6, 6.07) is 12.4. The van der Waals surface area contributed by atoms with Gasteiger partial charge in [0.15, 0.2) is 11.5 Å². The Kier molecular flexibility index (Phi) is 6.39. The summed E-state index contributed by atoms with van der Waals surface area (Å²) < 4.78 is 15.6. The van der Waals surface area contributed by atoms with Crippen molar-refractivity contribution >= 4 is 23.6 Å². The van der Waals surface area contributed by atoms with E-state index in [2.05, 4.69) is 5.32 Å². The van der Waals surface area contributed by atoms with Gasteiger partial charge in [0.2, 0.25) is 11.8 Å². The van der Waals surface area contributed by atoms with Crippen LogP contribution in [-0.2, 0) is 9.59 Å². The average molecular weight is 396 g/mol. The second-order valence-electron chi connectivity index (χ2n) is 6.56. The first kappa shape index (κ1) is 20.3. The molecule has 0 saturated carbocycles. The SMILES string of the molecule is COc1ccc(N2C[C@@H](NC(=O)/C=C\c3ccc(OC)c(OC)c3)CC2=O)cc1. The van der Waals surface area contributed by atoms with Gasteiger partial charge in [-0.1, -0.05) is 6.07 Å². The van der Waals surface area contributed by atoms with Crippen LogP contribution in [-0.4, -0.2) is 45.7 Å². The molecule has 0 unspecified atom stereocenters. The molecule has 29 heavy (non-hydrogen) atoms. The molecule has 1 saturated heterocycles. The van der Waals surface area contributed by atoms with E-state index in [0.717, 1.165) is 17.0 Å². The van der Waals surface area contributed by atoms with Gasteiger partial charge >= 0.3 is 0 Å². The lowest BCUT2D eigenvalue weighted by atomic mass is 10.2. The molecule has 2 amide bonds. The molecule has 0 radical (unpaired) electrons. The second kappa shape index (κ2) is 9.14. The monoisotopic (exact) mass is 396 g/mol. The highest BCUT2D eigenvalue weighted by Gasteiger charge is 2.31. The zero-order chi connectivity index (χ0) is 20.8. The smallest absolute Gasteiger partial charge is 0.244 e. The number of ether oxygens (including phenoxy) is 3. The molecule has 0 aromatic heterocycles. The quantitative estimate of drug-likeness (QED) is 0.728. The molecule has 2 aromatic rings. The lowest BCUT2D eigenvalue weighted by molar-refractivity contribution is -0.117. The molecule has 0 bridgehead atoms. The standard InChI is InChI=1S/C22H24N2O5/c1-27-18-8-6-17(7-9-18)24-14-16(13-22(24)26)23-21(25)11-5-15-4-10-19(28-2)20(12-15)29-3/h4-12,16H,13-14H2,1-3H3,(H,23,25)/b11-5-/t16-/m0/s1. The van der Waals surface area contributed by atoms with Gasteiger partial charge in [-0.3, -0.25) is 9.59 Å². The number of nitrogens with zero attached hydrogens (tertiary/aromatic N) is 1. The number of hydrogen-bond donors (Lipinski definition) is 1. The predicted molar refractivity (Wildman–Crippen MR) is 110 cm³/mol. The minimum atomic E-state index is -0.255. The van der Waals surface area contributed by atoms with Crippen LogP contribution in [0, 0.1) is 0 Å². The fraction of sp³-hybridized carbons (Fsp3) is 0.273. The molecule has 1 N–H and O–H groups in total. The first-order valence-corrected chi connectivity index (χ1v) is 9.19. The third kappa shape index (κ3) is 4.87. The van der Waals surface area contributed by atoms with E-state index in [-0.39, 0.29) is 24.3 Å². The van der Waals surface area contributed by atoms with Gasteiger partial charge in [0.25, 0.3) is 0 Å². The van der Waals surface area contributed by atoms with E-state index in [1.54, 1.807) is 56.6 Å². The maximum atomic E-state index is 12.3. The molecule has 7 heteroatoms. The highest BCUT2D eigenvalue weighted by molar-refractivity contribution is 5.98. The number of benzene rings is 2. The van der Waals surface area contributed by atoms with Crippen molar-refractivity contribution in [3.8, 4) is 17.2 Å². The summed E-state index contributed by atoms with van der Waals surface area (Å²) in [5.41, 5.74) is 1.59. The third-order valence-electron chi connectivity index (χ3n) is 4.69. The summed E-state index contributed by atoms with van der Waals surface area (Å²) in [7, 11) is 4.72. The molecule has 1 aliphatic rings. The number of carbonyl (C=O) groups excluding carboxylic acids is 2. The van der Waals surface area contributed by atoms with Gasteiger partial charge in [0.1, 0.15) is 5.75 Å². The van der Waals surface area contributed by atoms with Crippen molar-refractivity contribution in [2.75, 3.05) is 32.8 Å². The number of methoxy groups -OCH3 is 3. The van der Waals surface area contributed by atoms with Gasteiger partial charge in [-0.15, -0.1) is 0 Å². The molecule has 1 aliphatic heterocycles.